The van der Waals surface area contributed by atoms with Crippen LogP contribution in [-0.2, 0) is 18.4 Å². The predicted octanol–water partition coefficient (Wildman–Crippen LogP) is 2.87. The van der Waals surface area contributed by atoms with Crippen LogP contribution in [0.25, 0.3) is 0 Å². The highest BCUT2D eigenvalue weighted by Gasteiger charge is 2.32. The van der Waals surface area contributed by atoms with Crippen LogP contribution < -0.4 is 10.2 Å². The third-order valence-electron chi connectivity index (χ3n) is 3.95. The Bertz CT molecular complexity index is 732. The van der Waals surface area contributed by atoms with E-state index < -0.39 is 5.82 Å². The average Bonchev–Trinajstić information content (AvgIpc) is 3.04. The molecule has 122 valence electrons. The topological polar surface area (TPSA) is 50.2 Å². The summed E-state index contributed by atoms with van der Waals surface area (Å²) in [5.74, 6) is -0.586. The highest BCUT2D eigenvalue weighted by atomic mass is 79.9. The molecule has 1 N–H and O–H groups in total. The maximum absolute atomic E-state index is 13.6. The molecule has 1 atom stereocenters. The van der Waals surface area contributed by atoms with Crippen LogP contribution in [0.15, 0.2) is 28.9 Å². The standard InChI is InChI=1S/C15H15BrClFN4O/c1-21-14(10(16)7-20-21)8-19-13-4-5-22(15(13)23)9-2-3-11(17)12(18)6-9/h2-3,6-7,13,19H,4-5,8H2,1H3/t13-/m1/s1. The highest BCUT2D eigenvalue weighted by molar-refractivity contribution is 9.10. The van der Waals surface area contributed by atoms with Crippen LogP contribution in [-0.4, -0.2) is 28.3 Å². The number of halogens is 3. The van der Waals surface area contributed by atoms with E-state index in [9.17, 15) is 9.18 Å². The van der Waals surface area contributed by atoms with Gasteiger partial charge in [0.05, 0.1) is 27.4 Å². The molecule has 0 unspecified atom stereocenters. The van der Waals surface area contributed by atoms with Gasteiger partial charge in [-0.05, 0) is 40.5 Å². The zero-order chi connectivity index (χ0) is 16.6. The Kier molecular flexibility index (Phi) is 4.70. The zero-order valence-corrected chi connectivity index (χ0v) is 14.7. The second-order valence-electron chi connectivity index (χ2n) is 5.37. The van der Waals surface area contributed by atoms with Crippen molar-refractivity contribution in [2.45, 2.75) is 19.0 Å². The molecule has 0 radical (unpaired) electrons. The molecular weight excluding hydrogens is 387 g/mol. The second-order valence-corrected chi connectivity index (χ2v) is 6.63. The fraction of sp³-hybridized carbons (Fsp3) is 0.333. The first kappa shape index (κ1) is 16.4. The van der Waals surface area contributed by atoms with Crippen molar-refractivity contribution < 1.29 is 9.18 Å². The number of benzene rings is 1. The lowest BCUT2D eigenvalue weighted by Crippen LogP contribution is -2.38. The molecule has 0 spiro atoms. The van der Waals surface area contributed by atoms with Crippen LogP contribution in [0.5, 0.6) is 0 Å². The number of aryl methyl sites for hydroxylation is 1. The normalized spacial score (nSPS) is 18.0. The van der Waals surface area contributed by atoms with Crippen molar-refractivity contribution in [3.8, 4) is 0 Å². The van der Waals surface area contributed by atoms with Crippen LogP contribution in [0.1, 0.15) is 12.1 Å². The average molecular weight is 402 g/mol. The quantitative estimate of drug-likeness (QED) is 0.857. The Labute approximate surface area is 146 Å². The summed E-state index contributed by atoms with van der Waals surface area (Å²) in [4.78, 5) is 14.1. The van der Waals surface area contributed by atoms with Gasteiger partial charge in [-0.1, -0.05) is 11.6 Å². The number of hydrogen-bond donors (Lipinski definition) is 1. The third-order valence-corrected chi connectivity index (χ3v) is 4.92. The number of carbonyl (C=O) groups is 1. The van der Waals surface area contributed by atoms with E-state index in [-0.39, 0.29) is 17.0 Å². The fourth-order valence-electron chi connectivity index (χ4n) is 2.63. The van der Waals surface area contributed by atoms with E-state index in [1.807, 2.05) is 7.05 Å². The van der Waals surface area contributed by atoms with Gasteiger partial charge in [0.15, 0.2) is 0 Å². The van der Waals surface area contributed by atoms with Gasteiger partial charge in [-0.3, -0.25) is 9.48 Å². The molecule has 5 nitrogen and oxygen atoms in total. The van der Waals surface area contributed by atoms with Gasteiger partial charge in [-0.25, -0.2) is 4.39 Å². The van der Waals surface area contributed by atoms with Gasteiger partial charge in [0.2, 0.25) is 5.91 Å². The third kappa shape index (κ3) is 3.27. The molecule has 3 rings (SSSR count). The molecule has 1 aromatic heterocycles. The Morgan fingerprint density at radius 2 is 2.30 bits per heavy atom. The lowest BCUT2D eigenvalue weighted by Gasteiger charge is -2.17. The van der Waals surface area contributed by atoms with E-state index >= 15 is 0 Å². The van der Waals surface area contributed by atoms with Gasteiger partial charge in [-0.15, -0.1) is 0 Å². The maximum atomic E-state index is 13.6. The molecule has 23 heavy (non-hydrogen) atoms. The predicted molar refractivity (Wildman–Crippen MR) is 89.9 cm³/mol. The van der Waals surface area contributed by atoms with Crippen LogP contribution >= 0.6 is 27.5 Å². The summed E-state index contributed by atoms with van der Waals surface area (Å²) in [6.45, 7) is 1.07. The summed E-state index contributed by atoms with van der Waals surface area (Å²) in [7, 11) is 1.85. The van der Waals surface area contributed by atoms with E-state index in [1.165, 1.54) is 12.1 Å². The van der Waals surface area contributed by atoms with E-state index in [4.69, 9.17) is 11.6 Å². The number of rotatable bonds is 4. The lowest BCUT2D eigenvalue weighted by molar-refractivity contribution is -0.118. The van der Waals surface area contributed by atoms with Crippen molar-refractivity contribution >= 4 is 39.1 Å². The van der Waals surface area contributed by atoms with E-state index in [1.54, 1.807) is 21.8 Å². The van der Waals surface area contributed by atoms with Gasteiger partial charge in [0, 0.05) is 25.8 Å². The number of nitrogens with one attached hydrogen (secondary N) is 1. The molecule has 8 heteroatoms. The lowest BCUT2D eigenvalue weighted by atomic mass is 10.2. The molecule has 0 saturated carbocycles. The number of aromatic nitrogens is 2. The van der Waals surface area contributed by atoms with Crippen LogP contribution in [0, 0.1) is 5.82 Å². The van der Waals surface area contributed by atoms with E-state index in [2.05, 4.69) is 26.3 Å². The Hall–Kier alpha value is -1.44. The minimum absolute atomic E-state index is 0.0520. The molecule has 2 heterocycles. The van der Waals surface area contributed by atoms with Gasteiger partial charge < -0.3 is 10.2 Å². The van der Waals surface area contributed by atoms with Crippen molar-refractivity contribution in [2.24, 2.45) is 7.05 Å². The summed E-state index contributed by atoms with van der Waals surface area (Å²) in [6.07, 6.45) is 2.38. The zero-order valence-electron chi connectivity index (χ0n) is 12.4. The molecule has 0 aliphatic carbocycles. The molecule has 0 bridgehead atoms. The van der Waals surface area contributed by atoms with Gasteiger partial charge in [0.1, 0.15) is 5.82 Å². The van der Waals surface area contributed by atoms with Gasteiger partial charge in [0.25, 0.3) is 0 Å². The minimum atomic E-state index is -0.521. The molecule has 1 amide bonds. The van der Waals surface area contributed by atoms with Crippen LogP contribution in [0.2, 0.25) is 5.02 Å². The second kappa shape index (κ2) is 6.59. The van der Waals surface area contributed by atoms with Crippen molar-refractivity contribution in [3.05, 3.63) is 45.4 Å². The first-order valence-electron chi connectivity index (χ1n) is 7.13. The number of carbonyl (C=O) groups excluding carboxylic acids is 1. The summed E-state index contributed by atoms with van der Waals surface area (Å²) >= 11 is 9.12. The molecule has 1 saturated heterocycles. The van der Waals surface area contributed by atoms with Crippen molar-refractivity contribution in [1.82, 2.24) is 15.1 Å². The fourth-order valence-corrected chi connectivity index (χ4v) is 3.24. The molecule has 2 aromatic rings. The van der Waals surface area contributed by atoms with Gasteiger partial charge in [-0.2, -0.15) is 5.10 Å². The Balaban J connectivity index is 1.68. The first-order valence-corrected chi connectivity index (χ1v) is 8.30. The number of amides is 1. The molecule has 1 aromatic carbocycles. The monoisotopic (exact) mass is 400 g/mol. The van der Waals surface area contributed by atoms with E-state index in [0.717, 1.165) is 10.2 Å². The van der Waals surface area contributed by atoms with Crippen molar-refractivity contribution in [3.63, 3.8) is 0 Å². The number of hydrogen-bond acceptors (Lipinski definition) is 3. The molecule has 1 aliphatic heterocycles. The Morgan fingerprint density at radius 1 is 1.52 bits per heavy atom. The highest BCUT2D eigenvalue weighted by Crippen LogP contribution is 2.26. The largest absolute Gasteiger partial charge is 0.311 e. The smallest absolute Gasteiger partial charge is 0.244 e. The summed E-state index contributed by atoms with van der Waals surface area (Å²) in [6, 6.07) is 4.12. The van der Waals surface area contributed by atoms with Crippen molar-refractivity contribution in [1.29, 1.82) is 0 Å². The molecule has 1 aliphatic rings. The summed E-state index contributed by atoms with van der Waals surface area (Å²) < 4.78 is 16.2. The van der Waals surface area contributed by atoms with Crippen LogP contribution in [0.3, 0.4) is 0 Å². The molecular formula is C15H15BrClFN4O. The minimum Gasteiger partial charge on any atom is -0.311 e. The Morgan fingerprint density at radius 3 is 2.96 bits per heavy atom. The summed E-state index contributed by atoms with van der Waals surface area (Å²) in [5, 5.41) is 7.43. The van der Waals surface area contributed by atoms with Crippen LogP contribution in [0.4, 0.5) is 10.1 Å². The number of anilines is 1. The van der Waals surface area contributed by atoms with E-state index in [0.29, 0.717) is 25.2 Å². The first-order chi connectivity index (χ1) is 11.0. The van der Waals surface area contributed by atoms with Gasteiger partial charge >= 0.3 is 0 Å². The van der Waals surface area contributed by atoms with Crippen molar-refractivity contribution in [2.75, 3.05) is 11.4 Å². The number of nitrogens with zero attached hydrogens (tertiary/aromatic N) is 3. The molecule has 1 fully saturated rings. The summed E-state index contributed by atoms with van der Waals surface area (Å²) in [5.41, 5.74) is 1.50. The SMILES string of the molecule is Cn1ncc(Br)c1CN[C@@H]1CCN(c2ccc(Cl)c(F)c2)C1=O. The maximum Gasteiger partial charge on any atom is 0.244 e.